The van der Waals surface area contributed by atoms with Gasteiger partial charge in [0.2, 0.25) is 5.91 Å². The minimum atomic E-state index is -0.501. The number of hydrogen-bond donors (Lipinski definition) is 1. The van der Waals surface area contributed by atoms with Crippen LogP contribution in [0.3, 0.4) is 0 Å². The highest BCUT2D eigenvalue weighted by Crippen LogP contribution is 2.29. The van der Waals surface area contributed by atoms with Crippen LogP contribution in [0.5, 0.6) is 0 Å². The van der Waals surface area contributed by atoms with Crippen molar-refractivity contribution in [3.8, 4) is 0 Å². The first-order chi connectivity index (χ1) is 13.5. The second-order valence-electron chi connectivity index (χ2n) is 7.89. The molecule has 144 valence electrons. The molecule has 2 amide bonds. The highest BCUT2D eigenvalue weighted by Gasteiger charge is 2.36. The number of hydrogen-bond acceptors (Lipinski definition) is 2. The molecule has 0 radical (unpaired) electrons. The second kappa shape index (κ2) is 7.15. The molecular formula is C23H25N3O2. The summed E-state index contributed by atoms with van der Waals surface area (Å²) in [4.78, 5) is 27.9. The van der Waals surface area contributed by atoms with E-state index in [-0.39, 0.29) is 11.8 Å². The van der Waals surface area contributed by atoms with Crippen molar-refractivity contribution in [2.45, 2.75) is 32.9 Å². The monoisotopic (exact) mass is 375 g/mol. The zero-order valence-corrected chi connectivity index (χ0v) is 16.5. The number of carbonyl (C=O) groups is 2. The van der Waals surface area contributed by atoms with Gasteiger partial charge in [-0.2, -0.15) is 0 Å². The first-order valence-electron chi connectivity index (χ1n) is 9.69. The Labute approximate surface area is 165 Å². The molecule has 2 aromatic carbocycles. The smallest absolute Gasteiger partial charge is 0.255 e. The van der Waals surface area contributed by atoms with Crippen molar-refractivity contribution in [1.82, 2.24) is 9.47 Å². The Balaban J connectivity index is 1.63. The van der Waals surface area contributed by atoms with Gasteiger partial charge < -0.3 is 14.8 Å². The molecule has 28 heavy (non-hydrogen) atoms. The SMILES string of the molecule is CC(C)C[C@H](C(=O)Nc1cccc2c1ccn2C)N1Cc2ccccc2C1=O. The van der Waals surface area contributed by atoms with Gasteiger partial charge in [0, 0.05) is 36.3 Å². The van der Waals surface area contributed by atoms with Crippen LogP contribution in [0.4, 0.5) is 5.69 Å². The van der Waals surface area contributed by atoms with Crippen molar-refractivity contribution in [2.75, 3.05) is 5.32 Å². The largest absolute Gasteiger partial charge is 0.350 e. The number of benzene rings is 2. The second-order valence-corrected chi connectivity index (χ2v) is 7.89. The summed E-state index contributed by atoms with van der Waals surface area (Å²) < 4.78 is 2.03. The summed E-state index contributed by atoms with van der Waals surface area (Å²) in [7, 11) is 1.98. The maximum Gasteiger partial charge on any atom is 0.255 e. The van der Waals surface area contributed by atoms with Crippen molar-refractivity contribution < 1.29 is 9.59 Å². The summed E-state index contributed by atoms with van der Waals surface area (Å²) in [5.74, 6) is 0.0975. The normalized spacial score (nSPS) is 14.6. The number of nitrogens with one attached hydrogen (secondary N) is 1. The van der Waals surface area contributed by atoms with Crippen molar-refractivity contribution >= 4 is 28.4 Å². The minimum absolute atomic E-state index is 0.0608. The number of aromatic nitrogens is 1. The molecule has 5 nitrogen and oxygen atoms in total. The van der Waals surface area contributed by atoms with Gasteiger partial charge in [-0.25, -0.2) is 0 Å². The van der Waals surface area contributed by atoms with Gasteiger partial charge in [0.05, 0.1) is 5.69 Å². The maximum atomic E-state index is 13.3. The fourth-order valence-corrected chi connectivity index (χ4v) is 3.98. The van der Waals surface area contributed by atoms with Gasteiger partial charge in [-0.05, 0) is 42.2 Å². The van der Waals surface area contributed by atoms with Gasteiger partial charge in [0.25, 0.3) is 5.91 Å². The molecule has 2 heterocycles. The van der Waals surface area contributed by atoms with E-state index in [9.17, 15) is 9.59 Å². The lowest BCUT2D eigenvalue weighted by molar-refractivity contribution is -0.121. The molecular weight excluding hydrogens is 350 g/mol. The van der Waals surface area contributed by atoms with E-state index in [1.54, 1.807) is 4.90 Å². The summed E-state index contributed by atoms with van der Waals surface area (Å²) in [6, 6.07) is 15.0. The van der Waals surface area contributed by atoms with Gasteiger partial charge in [-0.1, -0.05) is 38.1 Å². The molecule has 0 saturated heterocycles. The van der Waals surface area contributed by atoms with Gasteiger partial charge in [0.1, 0.15) is 6.04 Å². The fourth-order valence-electron chi connectivity index (χ4n) is 3.98. The molecule has 4 rings (SSSR count). The predicted molar refractivity (Wildman–Crippen MR) is 111 cm³/mol. The van der Waals surface area contributed by atoms with Crippen LogP contribution in [0.25, 0.3) is 10.9 Å². The van der Waals surface area contributed by atoms with Crippen LogP contribution >= 0.6 is 0 Å². The lowest BCUT2D eigenvalue weighted by Crippen LogP contribution is -2.45. The van der Waals surface area contributed by atoms with Gasteiger partial charge in [-0.3, -0.25) is 9.59 Å². The van der Waals surface area contributed by atoms with Crippen LogP contribution in [-0.4, -0.2) is 27.3 Å². The molecule has 0 fully saturated rings. The van der Waals surface area contributed by atoms with Crippen molar-refractivity contribution in [2.24, 2.45) is 13.0 Å². The van der Waals surface area contributed by atoms with Crippen LogP contribution in [-0.2, 0) is 18.4 Å². The third-order valence-electron chi connectivity index (χ3n) is 5.41. The molecule has 5 heteroatoms. The average Bonchev–Trinajstić information content (AvgIpc) is 3.21. The third kappa shape index (κ3) is 3.17. The molecule has 1 aliphatic heterocycles. The van der Waals surface area contributed by atoms with Gasteiger partial charge in [0.15, 0.2) is 0 Å². The van der Waals surface area contributed by atoms with Crippen LogP contribution in [0, 0.1) is 5.92 Å². The summed E-state index contributed by atoms with van der Waals surface area (Å²) in [5, 5.41) is 4.08. The van der Waals surface area contributed by atoms with Crippen LogP contribution in [0.15, 0.2) is 54.7 Å². The highest BCUT2D eigenvalue weighted by molar-refractivity contribution is 6.06. The van der Waals surface area contributed by atoms with Crippen LogP contribution in [0.1, 0.15) is 36.2 Å². The van der Waals surface area contributed by atoms with E-state index in [0.29, 0.717) is 24.4 Å². The summed E-state index contributed by atoms with van der Waals surface area (Å²) >= 11 is 0. The topological polar surface area (TPSA) is 54.3 Å². The summed E-state index contributed by atoms with van der Waals surface area (Å²) in [6.45, 7) is 4.63. The Hall–Kier alpha value is -3.08. The van der Waals surface area contributed by atoms with E-state index in [0.717, 1.165) is 22.2 Å². The van der Waals surface area contributed by atoms with Crippen LogP contribution in [0.2, 0.25) is 0 Å². The van der Waals surface area contributed by atoms with E-state index < -0.39 is 6.04 Å². The van der Waals surface area contributed by atoms with E-state index >= 15 is 0 Å². The molecule has 0 aliphatic carbocycles. The number of amides is 2. The van der Waals surface area contributed by atoms with Crippen molar-refractivity contribution in [3.63, 3.8) is 0 Å². The third-order valence-corrected chi connectivity index (χ3v) is 5.41. The molecule has 1 aliphatic rings. The zero-order valence-electron chi connectivity index (χ0n) is 16.5. The Morgan fingerprint density at radius 3 is 2.64 bits per heavy atom. The fraction of sp³-hybridized carbons (Fsp3) is 0.304. The Kier molecular flexibility index (Phi) is 4.67. The lowest BCUT2D eigenvalue weighted by Gasteiger charge is -2.28. The quantitative estimate of drug-likeness (QED) is 0.727. The Bertz CT molecular complexity index is 1050. The molecule has 0 saturated carbocycles. The highest BCUT2D eigenvalue weighted by atomic mass is 16.2. The molecule has 3 aromatic rings. The van der Waals surface area contributed by atoms with Gasteiger partial charge in [-0.15, -0.1) is 0 Å². The number of carbonyl (C=O) groups excluding carboxylic acids is 2. The summed E-state index contributed by atoms with van der Waals surface area (Å²) in [6.07, 6.45) is 2.60. The lowest BCUT2D eigenvalue weighted by atomic mass is 10.0. The first-order valence-corrected chi connectivity index (χ1v) is 9.69. The molecule has 1 N–H and O–H groups in total. The van der Waals surface area contributed by atoms with Gasteiger partial charge >= 0.3 is 0 Å². The minimum Gasteiger partial charge on any atom is -0.350 e. The zero-order chi connectivity index (χ0) is 19.8. The number of fused-ring (bicyclic) bond motifs is 2. The van der Waals surface area contributed by atoms with Crippen molar-refractivity contribution in [3.05, 3.63) is 65.9 Å². The Morgan fingerprint density at radius 1 is 1.11 bits per heavy atom. The molecule has 1 atom stereocenters. The summed E-state index contributed by atoms with van der Waals surface area (Å²) in [5.41, 5.74) is 3.53. The predicted octanol–water partition coefficient (Wildman–Crippen LogP) is 4.19. The maximum absolute atomic E-state index is 13.3. The van der Waals surface area contributed by atoms with E-state index in [1.165, 1.54) is 0 Å². The number of rotatable bonds is 5. The Morgan fingerprint density at radius 2 is 1.89 bits per heavy atom. The first kappa shape index (κ1) is 18.3. The standard InChI is InChI=1S/C23H25N3O2/c1-15(2)13-21(26-14-16-7-4-5-8-17(16)23(26)28)22(27)24-19-9-6-10-20-18(19)11-12-25(20)3/h4-12,15,21H,13-14H2,1-3H3,(H,24,27)/t21-/m1/s1. The number of aryl methyl sites for hydroxylation is 1. The van der Waals surface area contributed by atoms with Crippen molar-refractivity contribution in [1.29, 1.82) is 0 Å². The molecule has 0 unspecified atom stereocenters. The van der Waals surface area contributed by atoms with E-state index in [4.69, 9.17) is 0 Å². The average molecular weight is 375 g/mol. The van der Waals surface area contributed by atoms with E-state index in [2.05, 4.69) is 19.2 Å². The van der Waals surface area contributed by atoms with Crippen LogP contribution < -0.4 is 5.32 Å². The number of nitrogens with zero attached hydrogens (tertiary/aromatic N) is 2. The van der Waals surface area contributed by atoms with E-state index in [1.807, 2.05) is 66.3 Å². The number of anilines is 1. The molecule has 1 aromatic heterocycles. The molecule has 0 bridgehead atoms. The molecule has 0 spiro atoms.